The van der Waals surface area contributed by atoms with E-state index in [1.165, 1.54) is 23.6 Å². The Morgan fingerprint density at radius 1 is 1.20 bits per heavy atom. The molecule has 1 aromatic heterocycles. The maximum Gasteiger partial charge on any atom is 0.258 e. The number of aromatic nitrogens is 1. The molecular weight excluding hydrogens is 428 g/mol. The van der Waals surface area contributed by atoms with Gasteiger partial charge in [-0.1, -0.05) is 29.3 Å². The third-order valence-electron chi connectivity index (χ3n) is 5.70. The fraction of sp³-hybridized carbons (Fsp3) is 0.273. The van der Waals surface area contributed by atoms with Crippen LogP contribution in [0.1, 0.15) is 18.9 Å². The van der Waals surface area contributed by atoms with Crippen molar-refractivity contribution in [1.82, 2.24) is 9.47 Å². The van der Waals surface area contributed by atoms with Gasteiger partial charge in [0.05, 0.1) is 15.6 Å². The SMILES string of the molecule is CC(=O)N1CC[C@](Nc2ccc3ccn(C)c(=O)c3c2)(c2c(F)ccc(Cl)c2Cl)C1. The zero-order valence-corrected chi connectivity index (χ0v) is 18.0. The Morgan fingerprint density at radius 3 is 2.67 bits per heavy atom. The maximum absolute atomic E-state index is 15.0. The van der Waals surface area contributed by atoms with Gasteiger partial charge in [0.1, 0.15) is 5.82 Å². The Bertz CT molecular complexity index is 1230. The van der Waals surface area contributed by atoms with Crippen LogP contribution in [0.4, 0.5) is 10.1 Å². The number of rotatable bonds is 3. The zero-order valence-electron chi connectivity index (χ0n) is 16.5. The fourth-order valence-corrected chi connectivity index (χ4v) is 4.60. The van der Waals surface area contributed by atoms with Crippen LogP contribution in [0.3, 0.4) is 0 Å². The summed E-state index contributed by atoms with van der Waals surface area (Å²) in [5, 5.41) is 5.08. The molecule has 1 aliphatic rings. The van der Waals surface area contributed by atoms with Crippen molar-refractivity contribution < 1.29 is 9.18 Å². The van der Waals surface area contributed by atoms with Crippen molar-refractivity contribution >= 4 is 45.6 Å². The molecule has 0 aliphatic carbocycles. The number of benzene rings is 2. The zero-order chi connectivity index (χ0) is 21.6. The van der Waals surface area contributed by atoms with E-state index in [1.807, 2.05) is 18.2 Å². The van der Waals surface area contributed by atoms with Gasteiger partial charge in [0, 0.05) is 49.9 Å². The molecule has 0 bridgehead atoms. The summed E-state index contributed by atoms with van der Waals surface area (Å²) >= 11 is 12.6. The maximum atomic E-state index is 15.0. The smallest absolute Gasteiger partial charge is 0.258 e. The number of nitrogens with one attached hydrogen (secondary N) is 1. The molecule has 0 saturated carbocycles. The second-order valence-corrected chi connectivity index (χ2v) is 8.43. The molecule has 4 rings (SSSR count). The highest BCUT2D eigenvalue weighted by atomic mass is 35.5. The van der Waals surface area contributed by atoms with Crippen LogP contribution in [-0.2, 0) is 17.4 Å². The summed E-state index contributed by atoms with van der Waals surface area (Å²) in [6.07, 6.45) is 2.15. The highest BCUT2D eigenvalue weighted by molar-refractivity contribution is 6.42. The van der Waals surface area contributed by atoms with E-state index < -0.39 is 11.4 Å². The van der Waals surface area contributed by atoms with Gasteiger partial charge < -0.3 is 14.8 Å². The molecule has 1 amide bonds. The first-order valence-corrected chi connectivity index (χ1v) is 10.2. The second kappa shape index (κ2) is 7.60. The molecule has 0 radical (unpaired) electrons. The summed E-state index contributed by atoms with van der Waals surface area (Å²) in [7, 11) is 1.69. The van der Waals surface area contributed by atoms with Gasteiger partial charge in [-0.15, -0.1) is 0 Å². The average molecular weight is 448 g/mol. The van der Waals surface area contributed by atoms with E-state index in [-0.39, 0.29) is 33.6 Å². The minimum absolute atomic E-state index is 0.107. The first-order chi connectivity index (χ1) is 14.2. The number of hydrogen-bond donors (Lipinski definition) is 1. The van der Waals surface area contributed by atoms with Crippen molar-refractivity contribution in [2.45, 2.75) is 18.9 Å². The molecule has 1 aliphatic heterocycles. The minimum Gasteiger partial charge on any atom is -0.374 e. The van der Waals surface area contributed by atoms with Gasteiger partial charge in [-0.25, -0.2) is 4.39 Å². The number of likely N-dealkylation sites (tertiary alicyclic amines) is 1. The monoisotopic (exact) mass is 447 g/mol. The predicted octanol–water partition coefficient (Wildman–Crippen LogP) is 4.54. The lowest BCUT2D eigenvalue weighted by atomic mass is 9.87. The van der Waals surface area contributed by atoms with E-state index >= 15 is 0 Å². The topological polar surface area (TPSA) is 54.3 Å². The van der Waals surface area contributed by atoms with Gasteiger partial charge in [0.2, 0.25) is 5.91 Å². The van der Waals surface area contributed by atoms with Crippen molar-refractivity contribution in [3.63, 3.8) is 0 Å². The summed E-state index contributed by atoms with van der Waals surface area (Å²) in [6, 6.07) is 9.95. The van der Waals surface area contributed by atoms with Gasteiger partial charge in [0.25, 0.3) is 5.56 Å². The van der Waals surface area contributed by atoms with Crippen LogP contribution in [0, 0.1) is 5.82 Å². The van der Waals surface area contributed by atoms with Gasteiger partial charge >= 0.3 is 0 Å². The van der Waals surface area contributed by atoms with E-state index in [9.17, 15) is 14.0 Å². The van der Waals surface area contributed by atoms with E-state index in [1.54, 1.807) is 24.2 Å². The molecule has 2 aromatic carbocycles. The van der Waals surface area contributed by atoms with Gasteiger partial charge in [-0.2, -0.15) is 0 Å². The van der Waals surface area contributed by atoms with Crippen LogP contribution in [0.15, 0.2) is 47.4 Å². The number of nitrogens with zero attached hydrogens (tertiary/aromatic N) is 2. The molecule has 8 heteroatoms. The van der Waals surface area contributed by atoms with Crippen LogP contribution < -0.4 is 10.9 Å². The van der Waals surface area contributed by atoms with Gasteiger partial charge in [0.15, 0.2) is 0 Å². The first-order valence-electron chi connectivity index (χ1n) is 9.49. The quantitative estimate of drug-likeness (QED) is 0.599. The van der Waals surface area contributed by atoms with Crippen molar-refractivity contribution in [2.75, 3.05) is 18.4 Å². The number of pyridine rings is 1. The number of amides is 1. The molecule has 5 nitrogen and oxygen atoms in total. The third-order valence-corrected chi connectivity index (χ3v) is 6.51. The standard InChI is InChI=1S/C22H20Cl2FN3O2/c1-13(29)28-10-8-22(12-28,19-18(25)6-5-17(23)20(19)24)26-15-4-3-14-7-9-27(2)21(30)16(14)11-15/h3-7,9,11,26H,8,10,12H2,1-2H3/t22-/m1/s1. The largest absolute Gasteiger partial charge is 0.374 e. The van der Waals surface area contributed by atoms with Crippen molar-refractivity contribution in [2.24, 2.45) is 7.05 Å². The van der Waals surface area contributed by atoms with Crippen LogP contribution in [-0.4, -0.2) is 28.5 Å². The van der Waals surface area contributed by atoms with Gasteiger partial charge in [-0.3, -0.25) is 9.59 Å². The average Bonchev–Trinajstić information content (AvgIpc) is 3.13. The number of aryl methyl sites for hydroxylation is 1. The second-order valence-electron chi connectivity index (χ2n) is 7.65. The number of halogens is 3. The highest BCUT2D eigenvalue weighted by Crippen LogP contribution is 2.43. The van der Waals surface area contributed by atoms with Crippen molar-refractivity contribution in [1.29, 1.82) is 0 Å². The van der Waals surface area contributed by atoms with Crippen LogP contribution in [0.2, 0.25) is 10.0 Å². The van der Waals surface area contributed by atoms with Crippen molar-refractivity contribution in [3.8, 4) is 0 Å². The van der Waals surface area contributed by atoms with E-state index in [2.05, 4.69) is 5.32 Å². The summed E-state index contributed by atoms with van der Waals surface area (Å²) in [5.74, 6) is -0.608. The molecule has 0 spiro atoms. The van der Waals surface area contributed by atoms with Crippen molar-refractivity contribution in [3.05, 3.63) is 74.4 Å². The van der Waals surface area contributed by atoms with Crippen LogP contribution in [0.5, 0.6) is 0 Å². The van der Waals surface area contributed by atoms with Crippen LogP contribution >= 0.6 is 23.2 Å². The van der Waals surface area contributed by atoms with E-state index in [0.717, 1.165) is 5.39 Å². The number of fused-ring (bicyclic) bond motifs is 1. The Balaban J connectivity index is 1.86. The summed E-state index contributed by atoms with van der Waals surface area (Å²) in [5.41, 5.74) is -0.257. The Hall–Kier alpha value is -2.57. The minimum atomic E-state index is -0.981. The summed E-state index contributed by atoms with van der Waals surface area (Å²) in [4.78, 5) is 26.2. The van der Waals surface area contributed by atoms with E-state index in [4.69, 9.17) is 23.2 Å². The third kappa shape index (κ3) is 3.44. The highest BCUT2D eigenvalue weighted by Gasteiger charge is 2.44. The van der Waals surface area contributed by atoms with Crippen LogP contribution in [0.25, 0.3) is 10.8 Å². The van der Waals surface area contributed by atoms with E-state index in [0.29, 0.717) is 24.0 Å². The lowest BCUT2D eigenvalue weighted by Gasteiger charge is -2.33. The lowest BCUT2D eigenvalue weighted by Crippen LogP contribution is -2.40. The first kappa shape index (κ1) is 20.7. The number of carbonyl (C=O) groups excluding carboxylic acids is 1. The Kier molecular flexibility index (Phi) is 5.24. The molecule has 2 heterocycles. The Morgan fingerprint density at radius 2 is 1.97 bits per heavy atom. The number of hydrogen-bond acceptors (Lipinski definition) is 3. The summed E-state index contributed by atoms with van der Waals surface area (Å²) in [6.45, 7) is 2.15. The number of carbonyl (C=O) groups is 1. The molecule has 1 saturated heterocycles. The Labute approximate surface area is 183 Å². The molecule has 1 atom stereocenters. The number of anilines is 1. The molecule has 1 fully saturated rings. The molecule has 1 N–H and O–H groups in total. The molecule has 30 heavy (non-hydrogen) atoms. The predicted molar refractivity (Wildman–Crippen MR) is 118 cm³/mol. The molecule has 0 unspecified atom stereocenters. The normalized spacial score (nSPS) is 18.8. The molecule has 3 aromatic rings. The summed E-state index contributed by atoms with van der Waals surface area (Å²) < 4.78 is 16.5. The van der Waals surface area contributed by atoms with Gasteiger partial charge in [-0.05, 0) is 42.1 Å². The molecule has 156 valence electrons. The fourth-order valence-electron chi connectivity index (χ4n) is 4.10. The molecular formula is C22H20Cl2FN3O2. The lowest BCUT2D eigenvalue weighted by molar-refractivity contribution is -0.127.